The summed E-state index contributed by atoms with van der Waals surface area (Å²) in [5.74, 6) is -0.828. The van der Waals surface area contributed by atoms with Crippen LogP contribution in [0.3, 0.4) is 0 Å². The second-order valence-electron chi connectivity index (χ2n) is 5.14. The number of fused-ring (bicyclic) bond motifs is 1. The predicted molar refractivity (Wildman–Crippen MR) is 78.4 cm³/mol. The minimum atomic E-state index is -0.884. The van der Waals surface area contributed by atoms with E-state index in [9.17, 15) is 9.59 Å². The van der Waals surface area contributed by atoms with E-state index < -0.39 is 11.3 Å². The van der Waals surface area contributed by atoms with Crippen molar-refractivity contribution in [3.63, 3.8) is 0 Å². The van der Waals surface area contributed by atoms with E-state index in [0.29, 0.717) is 6.42 Å². The molecule has 20 heavy (non-hydrogen) atoms. The second-order valence-corrected chi connectivity index (χ2v) is 5.75. The van der Waals surface area contributed by atoms with Crippen molar-refractivity contribution in [3.8, 4) is 0 Å². The van der Waals surface area contributed by atoms with Gasteiger partial charge in [-0.1, -0.05) is 12.1 Å². The zero-order chi connectivity index (χ0) is 14.7. The number of amides is 1. The zero-order valence-electron chi connectivity index (χ0n) is 11.4. The van der Waals surface area contributed by atoms with Crippen LogP contribution in [0.4, 0.5) is 5.69 Å². The van der Waals surface area contributed by atoms with Crippen molar-refractivity contribution in [3.05, 3.63) is 29.3 Å². The summed E-state index contributed by atoms with van der Waals surface area (Å²) >= 11 is 6.03. The van der Waals surface area contributed by atoms with Crippen LogP contribution in [-0.2, 0) is 22.4 Å². The molecule has 0 saturated heterocycles. The third kappa shape index (κ3) is 3.51. The number of anilines is 1. The van der Waals surface area contributed by atoms with E-state index in [2.05, 4.69) is 0 Å². The number of halogens is 1. The lowest BCUT2D eigenvalue weighted by Crippen LogP contribution is -2.33. The van der Waals surface area contributed by atoms with Gasteiger partial charge in [-0.3, -0.25) is 9.59 Å². The number of carbonyl (C=O) groups excluding carboxylic acids is 1. The van der Waals surface area contributed by atoms with Gasteiger partial charge in [0, 0.05) is 24.5 Å². The van der Waals surface area contributed by atoms with Gasteiger partial charge < -0.3 is 10.0 Å². The molecule has 0 saturated carbocycles. The van der Waals surface area contributed by atoms with Gasteiger partial charge in [-0.25, -0.2) is 0 Å². The molecule has 1 aliphatic rings. The number of aliphatic carboxylic acids is 1. The molecule has 0 aliphatic carbocycles. The summed E-state index contributed by atoms with van der Waals surface area (Å²) in [5.41, 5.74) is 3.13. The fraction of sp³-hybridized carbons (Fsp3) is 0.467. The Balaban J connectivity index is 2.15. The first-order valence-corrected chi connectivity index (χ1v) is 7.17. The van der Waals surface area contributed by atoms with E-state index in [1.165, 1.54) is 0 Å². The van der Waals surface area contributed by atoms with Crippen molar-refractivity contribution in [2.75, 3.05) is 11.4 Å². The van der Waals surface area contributed by atoms with Crippen LogP contribution in [-0.4, -0.2) is 28.9 Å². The molecule has 1 aliphatic heterocycles. The van der Waals surface area contributed by atoms with Crippen molar-refractivity contribution < 1.29 is 14.7 Å². The maximum Gasteiger partial charge on any atom is 0.304 e. The van der Waals surface area contributed by atoms with Crippen LogP contribution in [0.25, 0.3) is 0 Å². The Labute approximate surface area is 123 Å². The van der Waals surface area contributed by atoms with Crippen LogP contribution in [0, 0.1) is 0 Å². The minimum absolute atomic E-state index is 0.0434. The molecular weight excluding hydrogens is 278 g/mol. The van der Waals surface area contributed by atoms with Crippen LogP contribution >= 0.6 is 11.6 Å². The molecule has 1 aromatic rings. The molecule has 0 bridgehead atoms. The molecule has 0 radical (unpaired) electrons. The third-order valence-electron chi connectivity index (χ3n) is 3.50. The molecule has 0 aromatic heterocycles. The van der Waals surface area contributed by atoms with Crippen molar-refractivity contribution in [2.45, 2.75) is 38.0 Å². The largest absolute Gasteiger partial charge is 0.481 e. The van der Waals surface area contributed by atoms with Crippen LogP contribution in [0.2, 0.25) is 0 Å². The summed E-state index contributed by atoms with van der Waals surface area (Å²) in [6.07, 6.45) is 2.38. The van der Waals surface area contributed by atoms with Crippen LogP contribution < -0.4 is 4.90 Å². The van der Waals surface area contributed by atoms with E-state index in [1.807, 2.05) is 18.2 Å². The Hall–Kier alpha value is -1.55. The Bertz CT molecular complexity index is 530. The highest BCUT2D eigenvalue weighted by molar-refractivity contribution is 6.21. The SMILES string of the molecule is CC(=O)N1CCCc2cc(CC(Cl)CC(=O)O)ccc21. The van der Waals surface area contributed by atoms with Gasteiger partial charge in [-0.2, -0.15) is 0 Å². The molecule has 1 amide bonds. The summed E-state index contributed by atoms with van der Waals surface area (Å²) in [6, 6.07) is 5.91. The number of hydrogen-bond acceptors (Lipinski definition) is 2. The van der Waals surface area contributed by atoms with E-state index in [-0.39, 0.29) is 12.3 Å². The van der Waals surface area contributed by atoms with Crippen LogP contribution in [0.5, 0.6) is 0 Å². The molecule has 1 atom stereocenters. The monoisotopic (exact) mass is 295 g/mol. The standard InChI is InChI=1S/C15H18ClNO3/c1-10(18)17-6-2-3-12-7-11(4-5-14(12)17)8-13(16)9-15(19)20/h4-5,7,13H,2-3,6,8-9H2,1H3,(H,19,20). The van der Waals surface area contributed by atoms with Gasteiger partial charge in [-0.05, 0) is 36.5 Å². The quantitative estimate of drug-likeness (QED) is 0.869. The number of carbonyl (C=O) groups is 2. The van der Waals surface area contributed by atoms with Crippen molar-refractivity contribution in [2.24, 2.45) is 0 Å². The minimum Gasteiger partial charge on any atom is -0.481 e. The lowest BCUT2D eigenvalue weighted by molar-refractivity contribution is -0.137. The Kier molecular flexibility index (Phi) is 4.65. The lowest BCUT2D eigenvalue weighted by Gasteiger charge is -2.29. The topological polar surface area (TPSA) is 57.6 Å². The number of benzene rings is 1. The molecule has 0 fully saturated rings. The molecule has 1 aromatic carbocycles. The van der Waals surface area contributed by atoms with Gasteiger partial charge in [0.25, 0.3) is 0 Å². The summed E-state index contributed by atoms with van der Waals surface area (Å²) < 4.78 is 0. The average Bonchev–Trinajstić information content (AvgIpc) is 2.36. The van der Waals surface area contributed by atoms with E-state index in [0.717, 1.165) is 36.2 Å². The average molecular weight is 296 g/mol. The van der Waals surface area contributed by atoms with Crippen molar-refractivity contribution >= 4 is 29.2 Å². The second kappa shape index (κ2) is 6.27. The summed E-state index contributed by atoms with van der Waals surface area (Å²) in [6.45, 7) is 2.34. The first-order chi connectivity index (χ1) is 9.47. The zero-order valence-corrected chi connectivity index (χ0v) is 12.2. The highest BCUT2D eigenvalue weighted by Crippen LogP contribution is 2.29. The number of alkyl halides is 1. The van der Waals surface area contributed by atoms with Crippen LogP contribution in [0.15, 0.2) is 18.2 Å². The highest BCUT2D eigenvalue weighted by atomic mass is 35.5. The molecule has 4 nitrogen and oxygen atoms in total. The Morgan fingerprint density at radius 2 is 2.20 bits per heavy atom. The maximum absolute atomic E-state index is 11.6. The van der Waals surface area contributed by atoms with Gasteiger partial charge in [0.2, 0.25) is 5.91 Å². The first-order valence-electron chi connectivity index (χ1n) is 6.73. The first kappa shape index (κ1) is 14.9. The van der Waals surface area contributed by atoms with Crippen molar-refractivity contribution in [1.29, 1.82) is 0 Å². The third-order valence-corrected chi connectivity index (χ3v) is 3.80. The summed E-state index contributed by atoms with van der Waals surface area (Å²) in [4.78, 5) is 24.0. The number of carboxylic acid groups (broad SMARTS) is 1. The highest BCUT2D eigenvalue weighted by Gasteiger charge is 2.20. The molecule has 1 unspecified atom stereocenters. The van der Waals surface area contributed by atoms with Gasteiger partial charge in [0.05, 0.1) is 6.42 Å². The summed E-state index contributed by atoms with van der Waals surface area (Å²) in [5, 5.41) is 8.32. The molecule has 108 valence electrons. The van der Waals surface area contributed by atoms with E-state index >= 15 is 0 Å². The number of nitrogens with zero attached hydrogens (tertiary/aromatic N) is 1. The Morgan fingerprint density at radius 1 is 1.45 bits per heavy atom. The predicted octanol–water partition coefficient (Wildman–Crippen LogP) is 2.61. The van der Waals surface area contributed by atoms with Gasteiger partial charge in [0.1, 0.15) is 0 Å². The number of rotatable bonds is 4. The van der Waals surface area contributed by atoms with E-state index in [4.69, 9.17) is 16.7 Å². The van der Waals surface area contributed by atoms with Crippen LogP contribution in [0.1, 0.15) is 30.9 Å². The van der Waals surface area contributed by atoms with E-state index in [1.54, 1.807) is 11.8 Å². The smallest absolute Gasteiger partial charge is 0.304 e. The lowest BCUT2D eigenvalue weighted by atomic mass is 9.97. The van der Waals surface area contributed by atoms with Crippen molar-refractivity contribution in [1.82, 2.24) is 0 Å². The number of hydrogen-bond donors (Lipinski definition) is 1. The normalized spacial score (nSPS) is 15.6. The fourth-order valence-corrected chi connectivity index (χ4v) is 2.93. The van der Waals surface area contributed by atoms with Gasteiger partial charge in [0.15, 0.2) is 0 Å². The molecule has 0 spiro atoms. The fourth-order valence-electron chi connectivity index (χ4n) is 2.62. The molecule has 5 heteroatoms. The van der Waals surface area contributed by atoms with Gasteiger partial charge >= 0.3 is 5.97 Å². The Morgan fingerprint density at radius 3 is 2.85 bits per heavy atom. The number of carboxylic acids is 1. The molecular formula is C15H18ClNO3. The van der Waals surface area contributed by atoms with Gasteiger partial charge in [-0.15, -0.1) is 11.6 Å². The number of aryl methyl sites for hydroxylation is 1. The molecule has 2 rings (SSSR count). The summed E-state index contributed by atoms with van der Waals surface area (Å²) in [7, 11) is 0. The maximum atomic E-state index is 11.6. The molecule has 1 N–H and O–H groups in total. The molecule has 1 heterocycles.